The molecule has 1 aromatic rings. The fourth-order valence-corrected chi connectivity index (χ4v) is 6.48. The molecule has 4 atom stereocenters. The van der Waals surface area contributed by atoms with Crippen molar-refractivity contribution in [1.82, 2.24) is 20.4 Å². The van der Waals surface area contributed by atoms with E-state index < -0.39 is 22.3 Å². The van der Waals surface area contributed by atoms with Gasteiger partial charge in [-0.25, -0.2) is 0 Å². The Kier molecular flexibility index (Phi) is 4.72. The Hall–Kier alpha value is -0.330. The molecule has 2 saturated heterocycles. The zero-order valence-electron chi connectivity index (χ0n) is 12.8. The summed E-state index contributed by atoms with van der Waals surface area (Å²) >= 11 is 4.02. The van der Waals surface area contributed by atoms with E-state index in [-0.39, 0.29) is 52.5 Å². The van der Waals surface area contributed by atoms with Crippen molar-refractivity contribution in [3.8, 4) is 0 Å². The van der Waals surface area contributed by atoms with Crippen LogP contribution in [0.2, 0.25) is 0 Å². The summed E-state index contributed by atoms with van der Waals surface area (Å²) in [5.74, 6) is -1.70. The molecule has 24 heavy (non-hydrogen) atoms. The van der Waals surface area contributed by atoms with Gasteiger partial charge >= 0.3 is 29.6 Å². The summed E-state index contributed by atoms with van der Waals surface area (Å²) in [5, 5.41) is 21.3. The average Bonchev–Trinajstić information content (AvgIpc) is 2.87. The molecule has 0 spiro atoms. The molecule has 3 unspecified atom stereocenters. The first-order chi connectivity index (χ1) is 10.9. The van der Waals surface area contributed by atoms with Gasteiger partial charge in [0.25, 0.3) is 0 Å². The Morgan fingerprint density at radius 2 is 2.33 bits per heavy atom. The Labute approximate surface area is 171 Å². The first-order valence-corrected chi connectivity index (χ1v) is 9.54. The number of thioether (sulfide) groups is 2. The number of nitrogens with one attached hydrogen (secondary N) is 1. The van der Waals surface area contributed by atoms with Crippen LogP contribution in [-0.4, -0.2) is 60.3 Å². The van der Waals surface area contributed by atoms with Gasteiger partial charge in [0.05, 0.1) is 17.3 Å². The number of β-lactam (4-membered cyclic amide) rings is 1. The topological polar surface area (TPSA) is 115 Å². The number of nitrogens with zero attached hydrogens (tertiary/aromatic N) is 3. The Balaban J connectivity index is 0.00000169. The molecule has 3 fully saturated rings. The van der Waals surface area contributed by atoms with Crippen molar-refractivity contribution in [2.45, 2.75) is 39.4 Å². The second-order valence-corrected chi connectivity index (χ2v) is 9.49. The number of carboxylic acids is 1. The van der Waals surface area contributed by atoms with Gasteiger partial charge in [0.1, 0.15) is 16.9 Å². The minimum absolute atomic E-state index is 0. The van der Waals surface area contributed by atoms with Crippen LogP contribution >= 0.6 is 34.9 Å². The fraction of sp³-hybridized carbons (Fsp3) is 0.583. The largest absolute Gasteiger partial charge is 1.00 e. The molecule has 1 aliphatic carbocycles. The minimum Gasteiger partial charge on any atom is -0.548 e. The summed E-state index contributed by atoms with van der Waals surface area (Å²) in [6.07, 6.45) is 0.406. The van der Waals surface area contributed by atoms with E-state index >= 15 is 0 Å². The maximum absolute atomic E-state index is 12.3. The van der Waals surface area contributed by atoms with Crippen molar-refractivity contribution in [3.05, 3.63) is 5.51 Å². The average molecular weight is 394 g/mol. The molecule has 4 rings (SSSR count). The molecule has 1 aromatic heterocycles. The van der Waals surface area contributed by atoms with Gasteiger partial charge in [0.15, 0.2) is 4.34 Å². The van der Waals surface area contributed by atoms with Crippen molar-refractivity contribution < 1.29 is 49.0 Å². The maximum atomic E-state index is 12.3. The van der Waals surface area contributed by atoms with Crippen LogP contribution in [0.15, 0.2) is 9.85 Å². The molecule has 1 saturated carbocycles. The van der Waals surface area contributed by atoms with E-state index in [9.17, 15) is 19.5 Å². The number of carbonyl (C=O) groups excluding carboxylic acids is 3. The number of amides is 2. The van der Waals surface area contributed by atoms with E-state index in [0.717, 1.165) is 0 Å². The van der Waals surface area contributed by atoms with E-state index in [1.165, 1.54) is 39.8 Å². The van der Waals surface area contributed by atoms with E-state index in [2.05, 4.69) is 15.5 Å². The predicted octanol–water partition coefficient (Wildman–Crippen LogP) is -4.31. The molecule has 0 aromatic carbocycles. The maximum Gasteiger partial charge on any atom is 1.00 e. The smallest absolute Gasteiger partial charge is 0.548 e. The fourth-order valence-electron chi connectivity index (χ4n) is 3.27. The normalized spacial score (nSPS) is 35.4. The van der Waals surface area contributed by atoms with Crippen LogP contribution in [0, 0.1) is 0 Å². The van der Waals surface area contributed by atoms with Crippen molar-refractivity contribution in [2.75, 3.05) is 5.75 Å². The van der Waals surface area contributed by atoms with Crippen LogP contribution in [0.4, 0.5) is 0 Å². The SMILES string of the molecule is CC12CC1(C(=O)[O-])N1C(=O)C(NC(=O)CSc3nncs3)[C@@H]1S2.[Na+]. The zero-order valence-corrected chi connectivity index (χ0v) is 17.3. The van der Waals surface area contributed by atoms with E-state index in [4.69, 9.17) is 0 Å². The van der Waals surface area contributed by atoms with Gasteiger partial charge < -0.3 is 20.1 Å². The number of hydrogen-bond acceptors (Lipinski definition) is 9. The van der Waals surface area contributed by atoms with Gasteiger partial charge in [-0.3, -0.25) is 9.59 Å². The van der Waals surface area contributed by atoms with Crippen LogP contribution < -0.4 is 40.0 Å². The molecule has 3 heterocycles. The Morgan fingerprint density at radius 1 is 1.58 bits per heavy atom. The third-order valence-corrected chi connectivity index (χ3v) is 8.09. The van der Waals surface area contributed by atoms with Gasteiger partial charge in [0, 0.05) is 4.75 Å². The Bertz CT molecular complexity index is 719. The molecule has 12 heteroatoms. The summed E-state index contributed by atoms with van der Waals surface area (Å²) in [7, 11) is 0. The summed E-state index contributed by atoms with van der Waals surface area (Å²) in [6, 6.07) is -0.664. The molecule has 122 valence electrons. The summed E-state index contributed by atoms with van der Waals surface area (Å²) in [5.41, 5.74) is 0.386. The number of hydrogen-bond donors (Lipinski definition) is 1. The van der Waals surface area contributed by atoms with Crippen LogP contribution in [0.1, 0.15) is 13.3 Å². The number of aromatic nitrogens is 2. The third kappa shape index (κ3) is 2.43. The van der Waals surface area contributed by atoms with Crippen LogP contribution in [0.3, 0.4) is 0 Å². The Morgan fingerprint density at radius 3 is 2.96 bits per heavy atom. The van der Waals surface area contributed by atoms with Crippen molar-refractivity contribution in [1.29, 1.82) is 0 Å². The third-order valence-electron chi connectivity index (χ3n) is 4.50. The second kappa shape index (κ2) is 6.13. The van der Waals surface area contributed by atoms with Gasteiger partial charge in [-0.1, -0.05) is 23.1 Å². The van der Waals surface area contributed by atoms with Crippen molar-refractivity contribution in [2.24, 2.45) is 0 Å². The molecule has 8 nitrogen and oxygen atoms in total. The van der Waals surface area contributed by atoms with Gasteiger partial charge in [-0.2, -0.15) is 0 Å². The first-order valence-electron chi connectivity index (χ1n) is 6.80. The van der Waals surface area contributed by atoms with E-state index in [1.54, 1.807) is 5.51 Å². The van der Waals surface area contributed by atoms with Gasteiger partial charge in [-0.15, -0.1) is 22.0 Å². The van der Waals surface area contributed by atoms with Crippen LogP contribution in [-0.2, 0) is 14.4 Å². The number of carbonyl (C=O) groups is 3. The summed E-state index contributed by atoms with van der Waals surface area (Å²) in [6.45, 7) is 1.82. The first kappa shape index (κ1) is 18.5. The second-order valence-electron chi connectivity index (χ2n) is 5.81. The minimum atomic E-state index is -1.21. The van der Waals surface area contributed by atoms with Crippen LogP contribution in [0.25, 0.3) is 0 Å². The molecule has 2 aliphatic heterocycles. The zero-order chi connectivity index (χ0) is 16.4. The number of carboxylic acid groups (broad SMARTS) is 1. The monoisotopic (exact) mass is 394 g/mol. The van der Waals surface area contributed by atoms with E-state index in [1.807, 2.05) is 6.92 Å². The molecular formula is C12H11N4NaO4S3. The quantitative estimate of drug-likeness (QED) is 0.303. The molecule has 3 aliphatic rings. The number of aliphatic carboxylic acids is 1. The van der Waals surface area contributed by atoms with Crippen LogP contribution in [0.5, 0.6) is 0 Å². The van der Waals surface area contributed by atoms with Gasteiger partial charge in [-0.05, 0) is 13.3 Å². The molecule has 2 amide bonds. The predicted molar refractivity (Wildman–Crippen MR) is 81.5 cm³/mol. The number of rotatable bonds is 5. The summed E-state index contributed by atoms with van der Waals surface area (Å²) < 4.78 is 0.175. The summed E-state index contributed by atoms with van der Waals surface area (Å²) in [4.78, 5) is 37.1. The van der Waals surface area contributed by atoms with Gasteiger partial charge in [0.2, 0.25) is 11.8 Å². The van der Waals surface area contributed by atoms with Crippen molar-refractivity contribution >= 4 is 52.6 Å². The molecular weight excluding hydrogens is 383 g/mol. The molecule has 0 radical (unpaired) electrons. The molecule has 1 N–H and O–H groups in total. The van der Waals surface area contributed by atoms with E-state index in [0.29, 0.717) is 10.8 Å². The number of fused-ring (bicyclic) bond motifs is 3. The van der Waals surface area contributed by atoms with Crippen molar-refractivity contribution in [3.63, 3.8) is 0 Å². The molecule has 0 bridgehead atoms. The standard InChI is InChI=1S/C12H12N4O4S3.Na/c1-11-3-12(11,9(19)20)16-7(18)6(8(16)23-11)14-5(17)2-21-10-15-13-4-22-10;/h4,6,8H,2-3H2,1H3,(H,14,17)(H,19,20);/q;+1/p-1/t6?,8-,11?,12?;/m0./s1.